The van der Waals surface area contributed by atoms with Crippen LogP contribution in [0.25, 0.3) is 0 Å². The minimum absolute atomic E-state index is 0. The summed E-state index contributed by atoms with van der Waals surface area (Å²) in [6, 6.07) is 6.77. The van der Waals surface area contributed by atoms with E-state index in [-0.39, 0.29) is 58.7 Å². The van der Waals surface area contributed by atoms with Gasteiger partial charge < -0.3 is 9.11 Å². The van der Waals surface area contributed by atoms with Crippen LogP contribution in [0.3, 0.4) is 0 Å². The Morgan fingerprint density at radius 3 is 0.889 bits per heavy atom. The Bertz CT molecular complexity index is 910. The van der Waals surface area contributed by atoms with Crippen molar-refractivity contribution in [3.8, 4) is 0 Å². The van der Waals surface area contributed by atoms with Gasteiger partial charge in [-0.15, -0.1) is 0 Å². The van der Waals surface area contributed by atoms with Crippen LogP contribution in [-0.4, -0.2) is 74.8 Å². The van der Waals surface area contributed by atoms with Gasteiger partial charge in [0.05, 0.1) is 9.79 Å². The fourth-order valence-corrected chi connectivity index (χ4v) is 4.94. The fourth-order valence-electron chi connectivity index (χ4n) is 3.12. The van der Waals surface area contributed by atoms with E-state index in [9.17, 15) is 25.9 Å². The molecule has 0 N–H and O–H groups in total. The topological polar surface area (TPSA) is 114 Å². The molecule has 0 atom stereocenters. The molecule has 0 aromatic heterocycles. The van der Waals surface area contributed by atoms with E-state index in [1.807, 2.05) is 13.8 Å². The van der Waals surface area contributed by atoms with Crippen molar-refractivity contribution in [1.82, 2.24) is 0 Å². The summed E-state index contributed by atoms with van der Waals surface area (Å²) in [7, 11) is -8.66. The maximum Gasteiger partial charge on any atom is 2.00 e. The fraction of sp³-hybridized carbons (Fsp3) is 0.333. The Hall–Kier alpha value is -0.169. The molecule has 0 aliphatic heterocycles. The number of aryl methyl sites for hydroxylation is 6. The number of hydrogen-bond acceptors (Lipinski definition) is 6. The van der Waals surface area contributed by atoms with Crippen LogP contribution in [-0.2, 0) is 20.2 Å². The summed E-state index contributed by atoms with van der Waals surface area (Å²) in [4.78, 5) is -0.170. The summed E-state index contributed by atoms with van der Waals surface area (Å²) in [5.41, 5.74) is 4.00. The molecule has 2 aromatic rings. The van der Waals surface area contributed by atoms with Crippen LogP contribution in [0.4, 0.5) is 0 Å². The van der Waals surface area contributed by atoms with Crippen molar-refractivity contribution in [3.05, 3.63) is 57.6 Å². The molecule has 0 bridgehead atoms. The van der Waals surface area contributed by atoms with Crippen molar-refractivity contribution in [2.24, 2.45) is 0 Å². The minimum atomic E-state index is -4.33. The molecule has 0 saturated heterocycles. The molecule has 0 aliphatic rings. The number of rotatable bonds is 2. The maximum absolute atomic E-state index is 10.8. The summed E-state index contributed by atoms with van der Waals surface area (Å²) in [6.07, 6.45) is 0. The molecule has 0 spiro atoms. The molecular weight excluding hydrogens is 514 g/mol. The molecule has 0 unspecified atom stereocenters. The van der Waals surface area contributed by atoms with E-state index in [2.05, 4.69) is 0 Å². The predicted molar refractivity (Wildman–Crippen MR) is 103 cm³/mol. The molecular formula is C18H22BaO6S2. The van der Waals surface area contributed by atoms with Crippen molar-refractivity contribution in [1.29, 1.82) is 0 Å². The molecule has 2 rings (SSSR count). The summed E-state index contributed by atoms with van der Waals surface area (Å²) in [5.74, 6) is 0. The summed E-state index contributed by atoms with van der Waals surface area (Å²) in [6.45, 7) is 10.2. The first-order valence-corrected chi connectivity index (χ1v) is 10.5. The van der Waals surface area contributed by atoms with Gasteiger partial charge in [0.1, 0.15) is 20.2 Å². The molecule has 0 saturated carbocycles. The Morgan fingerprint density at radius 1 is 0.556 bits per heavy atom. The van der Waals surface area contributed by atoms with Crippen molar-refractivity contribution >= 4 is 69.1 Å². The van der Waals surface area contributed by atoms with Crippen LogP contribution >= 0.6 is 0 Å². The third kappa shape index (κ3) is 7.64. The van der Waals surface area contributed by atoms with Crippen LogP contribution < -0.4 is 0 Å². The summed E-state index contributed by atoms with van der Waals surface area (Å²) < 4.78 is 65.0. The Labute approximate surface area is 202 Å². The standard InChI is InChI=1S/2C9H12O3S.Ba/c2*1-6-4-7(2)9(8(3)5-6)13(10,11)12;/h2*4-5H,1-3H3,(H,10,11,12);/q;;+2/p-2. The molecule has 0 radical (unpaired) electrons. The van der Waals surface area contributed by atoms with Crippen molar-refractivity contribution in [3.63, 3.8) is 0 Å². The van der Waals surface area contributed by atoms with E-state index in [1.54, 1.807) is 52.0 Å². The third-order valence-electron chi connectivity index (χ3n) is 3.71. The van der Waals surface area contributed by atoms with E-state index < -0.39 is 20.2 Å². The quantitative estimate of drug-likeness (QED) is 0.431. The van der Waals surface area contributed by atoms with Crippen molar-refractivity contribution < 1.29 is 25.9 Å². The van der Waals surface area contributed by atoms with Gasteiger partial charge in [-0.05, 0) is 63.8 Å². The van der Waals surface area contributed by atoms with Gasteiger partial charge in [-0.2, -0.15) is 0 Å². The van der Waals surface area contributed by atoms with Gasteiger partial charge >= 0.3 is 48.9 Å². The molecule has 9 heteroatoms. The Balaban J connectivity index is 0.000000483. The van der Waals surface area contributed by atoms with Crippen LogP contribution in [0.5, 0.6) is 0 Å². The first kappa shape index (κ1) is 26.8. The van der Waals surface area contributed by atoms with Crippen molar-refractivity contribution in [2.75, 3.05) is 0 Å². The molecule has 0 heterocycles. The van der Waals surface area contributed by atoms with E-state index in [0.717, 1.165) is 11.1 Å². The van der Waals surface area contributed by atoms with E-state index in [1.165, 1.54) is 0 Å². The average Bonchev–Trinajstić information content (AvgIpc) is 2.32. The number of hydrogen-bond donors (Lipinski definition) is 0. The van der Waals surface area contributed by atoms with Gasteiger partial charge in [0, 0.05) is 0 Å². The zero-order valence-electron chi connectivity index (χ0n) is 16.3. The van der Waals surface area contributed by atoms with Gasteiger partial charge in [0.25, 0.3) is 0 Å². The van der Waals surface area contributed by atoms with Crippen molar-refractivity contribution in [2.45, 2.75) is 51.3 Å². The second kappa shape index (κ2) is 10.0. The van der Waals surface area contributed by atoms with Crippen LogP contribution in [0.2, 0.25) is 0 Å². The van der Waals surface area contributed by atoms with Crippen LogP contribution in [0.1, 0.15) is 33.4 Å². The average molecular weight is 536 g/mol. The molecule has 6 nitrogen and oxygen atoms in total. The maximum atomic E-state index is 10.8. The zero-order valence-corrected chi connectivity index (χ0v) is 22.4. The molecule has 2 aromatic carbocycles. The van der Waals surface area contributed by atoms with Crippen LogP contribution in [0.15, 0.2) is 34.1 Å². The van der Waals surface area contributed by atoms with E-state index >= 15 is 0 Å². The van der Waals surface area contributed by atoms with Gasteiger partial charge in [-0.1, -0.05) is 35.4 Å². The first-order valence-electron chi connectivity index (χ1n) is 7.72. The molecule has 27 heavy (non-hydrogen) atoms. The molecule has 144 valence electrons. The SMILES string of the molecule is Cc1cc(C)c(S(=O)(=O)[O-])c(C)c1.Cc1cc(C)c(S(=O)(=O)[O-])c(C)c1.[Ba+2]. The molecule has 0 amide bonds. The van der Waals surface area contributed by atoms with Gasteiger partial charge in [-0.3, -0.25) is 0 Å². The van der Waals surface area contributed by atoms with E-state index in [0.29, 0.717) is 22.3 Å². The molecule has 0 aliphatic carbocycles. The predicted octanol–water partition coefficient (Wildman–Crippen LogP) is 2.65. The third-order valence-corrected chi connectivity index (χ3v) is 6.00. The minimum Gasteiger partial charge on any atom is -0.744 e. The largest absolute Gasteiger partial charge is 2.00 e. The first-order chi connectivity index (χ1) is 11.6. The zero-order chi connectivity index (χ0) is 20.4. The second-order valence-electron chi connectivity index (χ2n) is 6.36. The van der Waals surface area contributed by atoms with Gasteiger partial charge in [0.2, 0.25) is 0 Å². The smallest absolute Gasteiger partial charge is 0.744 e. The van der Waals surface area contributed by atoms with Gasteiger partial charge in [0.15, 0.2) is 0 Å². The molecule has 0 fully saturated rings. The summed E-state index contributed by atoms with van der Waals surface area (Å²) in [5, 5.41) is 0. The number of benzene rings is 2. The second-order valence-corrected chi connectivity index (χ2v) is 9.00. The van der Waals surface area contributed by atoms with E-state index in [4.69, 9.17) is 0 Å². The normalized spacial score (nSPS) is 11.3. The monoisotopic (exact) mass is 536 g/mol. The van der Waals surface area contributed by atoms with Gasteiger partial charge in [-0.25, -0.2) is 16.8 Å². The Morgan fingerprint density at radius 2 is 0.741 bits per heavy atom. The van der Waals surface area contributed by atoms with Crippen LogP contribution in [0, 0.1) is 41.5 Å². The Kier molecular flexibility index (Phi) is 9.98. The summed E-state index contributed by atoms with van der Waals surface area (Å²) >= 11 is 0.